The number of carbonyl (C=O) groups is 2. The monoisotopic (exact) mass is 521 g/mol. The highest BCUT2D eigenvalue weighted by Gasteiger charge is 2.27. The number of nitrogens with one attached hydrogen (secondary N) is 1. The normalized spacial score (nSPS) is 12.2. The molecule has 2 rings (SSSR count). The molecule has 192 valence electrons. The standard InChI is InChI=1S/C26H36ClN3O4S/c1-6-15-28-26(32)21(4)29(18-22-10-7-8-11-23(22)27)25(31)12-9-16-30(35(5,33)34)24-17-19(2)13-14-20(24)3/h7-8,10-11,13-14,17,21H,6,9,12,15-16,18H2,1-5H3,(H,28,32)/t21-/m1/s1. The van der Waals surface area contributed by atoms with Gasteiger partial charge in [-0.3, -0.25) is 13.9 Å². The molecule has 0 aliphatic rings. The van der Waals surface area contributed by atoms with E-state index in [9.17, 15) is 18.0 Å². The van der Waals surface area contributed by atoms with Gasteiger partial charge in [0.1, 0.15) is 6.04 Å². The van der Waals surface area contributed by atoms with Crippen molar-refractivity contribution in [1.82, 2.24) is 10.2 Å². The molecular weight excluding hydrogens is 486 g/mol. The van der Waals surface area contributed by atoms with Crippen molar-refractivity contribution in [2.45, 2.75) is 59.5 Å². The number of carbonyl (C=O) groups excluding carboxylic acids is 2. The van der Waals surface area contributed by atoms with Gasteiger partial charge in [-0.2, -0.15) is 0 Å². The molecule has 2 aromatic rings. The number of rotatable bonds is 12. The summed E-state index contributed by atoms with van der Waals surface area (Å²) in [5.41, 5.74) is 3.15. The van der Waals surface area contributed by atoms with Crippen molar-refractivity contribution in [2.24, 2.45) is 0 Å². The molecule has 2 amide bonds. The lowest BCUT2D eigenvalue weighted by Gasteiger charge is -2.30. The van der Waals surface area contributed by atoms with E-state index in [1.54, 1.807) is 13.0 Å². The molecule has 1 atom stereocenters. The molecule has 0 unspecified atom stereocenters. The van der Waals surface area contributed by atoms with Gasteiger partial charge in [0.2, 0.25) is 21.8 Å². The van der Waals surface area contributed by atoms with E-state index < -0.39 is 16.1 Å². The molecule has 0 aliphatic heterocycles. The fourth-order valence-electron chi connectivity index (χ4n) is 3.76. The number of nitrogens with zero attached hydrogens (tertiary/aromatic N) is 2. The minimum Gasteiger partial charge on any atom is -0.354 e. The maximum Gasteiger partial charge on any atom is 0.242 e. The summed E-state index contributed by atoms with van der Waals surface area (Å²) in [6.45, 7) is 8.29. The summed E-state index contributed by atoms with van der Waals surface area (Å²) in [5.74, 6) is -0.473. The van der Waals surface area contributed by atoms with Gasteiger partial charge in [0.15, 0.2) is 0 Å². The lowest BCUT2D eigenvalue weighted by atomic mass is 10.1. The van der Waals surface area contributed by atoms with E-state index in [1.165, 1.54) is 15.5 Å². The van der Waals surface area contributed by atoms with Crippen molar-refractivity contribution < 1.29 is 18.0 Å². The van der Waals surface area contributed by atoms with E-state index in [1.807, 2.05) is 57.2 Å². The Bertz CT molecular complexity index is 1140. The lowest BCUT2D eigenvalue weighted by molar-refractivity contribution is -0.140. The first-order chi connectivity index (χ1) is 16.5. The van der Waals surface area contributed by atoms with Crippen LogP contribution < -0.4 is 9.62 Å². The van der Waals surface area contributed by atoms with Crippen LogP contribution in [-0.2, 0) is 26.2 Å². The Morgan fingerprint density at radius 3 is 2.43 bits per heavy atom. The number of aryl methyl sites for hydroxylation is 2. The van der Waals surface area contributed by atoms with Crippen molar-refractivity contribution in [2.75, 3.05) is 23.7 Å². The summed E-state index contributed by atoms with van der Waals surface area (Å²) in [6, 6.07) is 12.2. The summed E-state index contributed by atoms with van der Waals surface area (Å²) in [4.78, 5) is 27.5. The fraction of sp³-hybridized carbons (Fsp3) is 0.462. The molecule has 1 N–H and O–H groups in total. The van der Waals surface area contributed by atoms with Crippen molar-refractivity contribution in [3.05, 3.63) is 64.2 Å². The summed E-state index contributed by atoms with van der Waals surface area (Å²) in [7, 11) is -3.54. The Balaban J connectivity index is 2.20. The molecular formula is C26H36ClN3O4S. The molecule has 0 fully saturated rings. The second kappa shape index (κ2) is 12.9. The van der Waals surface area contributed by atoms with Gasteiger partial charge < -0.3 is 10.2 Å². The number of sulfonamides is 1. The van der Waals surface area contributed by atoms with Crippen LogP contribution in [0, 0.1) is 13.8 Å². The van der Waals surface area contributed by atoms with E-state index in [0.717, 1.165) is 23.1 Å². The van der Waals surface area contributed by atoms with Gasteiger partial charge >= 0.3 is 0 Å². The van der Waals surface area contributed by atoms with Gasteiger partial charge in [-0.05, 0) is 62.4 Å². The summed E-state index contributed by atoms with van der Waals surface area (Å²) < 4.78 is 26.4. The van der Waals surface area contributed by atoms with Crippen molar-refractivity contribution in [1.29, 1.82) is 0 Å². The minimum atomic E-state index is -3.54. The Hall–Kier alpha value is -2.58. The molecule has 0 aliphatic carbocycles. The molecule has 0 saturated heterocycles. The molecule has 0 saturated carbocycles. The van der Waals surface area contributed by atoms with Crippen LogP contribution >= 0.6 is 11.6 Å². The lowest BCUT2D eigenvalue weighted by Crippen LogP contribution is -2.48. The van der Waals surface area contributed by atoms with Gasteiger partial charge in [-0.15, -0.1) is 0 Å². The minimum absolute atomic E-state index is 0.0900. The Kier molecular flexibility index (Phi) is 10.6. The Labute approximate surface area is 214 Å². The van der Waals surface area contributed by atoms with Gasteiger partial charge in [0.05, 0.1) is 11.9 Å². The van der Waals surface area contributed by atoms with Crippen LogP contribution in [0.3, 0.4) is 0 Å². The van der Waals surface area contributed by atoms with Gasteiger partial charge in [-0.25, -0.2) is 8.42 Å². The molecule has 7 nitrogen and oxygen atoms in total. The number of amides is 2. The zero-order chi connectivity index (χ0) is 26.2. The molecule has 35 heavy (non-hydrogen) atoms. The Morgan fingerprint density at radius 1 is 1.11 bits per heavy atom. The second-order valence-corrected chi connectivity index (χ2v) is 11.1. The maximum absolute atomic E-state index is 13.3. The van der Waals surface area contributed by atoms with E-state index in [-0.39, 0.29) is 31.3 Å². The number of hydrogen-bond donors (Lipinski definition) is 1. The van der Waals surface area contributed by atoms with Crippen LogP contribution in [0.1, 0.15) is 49.8 Å². The highest BCUT2D eigenvalue weighted by Crippen LogP contribution is 2.25. The second-order valence-electron chi connectivity index (χ2n) is 8.81. The van der Waals surface area contributed by atoms with Gasteiger partial charge in [0, 0.05) is 31.1 Å². The Morgan fingerprint density at radius 2 is 1.80 bits per heavy atom. The number of hydrogen-bond acceptors (Lipinski definition) is 4. The first-order valence-electron chi connectivity index (χ1n) is 11.8. The quantitative estimate of drug-likeness (QED) is 0.447. The molecule has 0 aromatic heterocycles. The third-order valence-corrected chi connectivity index (χ3v) is 7.35. The van der Waals surface area contributed by atoms with Gasteiger partial charge in [-0.1, -0.05) is 48.9 Å². The van der Waals surface area contributed by atoms with Crippen LogP contribution in [0.15, 0.2) is 42.5 Å². The summed E-state index contributed by atoms with van der Waals surface area (Å²) in [6.07, 6.45) is 2.35. The number of anilines is 1. The van der Waals surface area contributed by atoms with E-state index in [2.05, 4.69) is 5.32 Å². The number of benzene rings is 2. The zero-order valence-electron chi connectivity index (χ0n) is 21.2. The molecule has 0 spiro atoms. The first-order valence-corrected chi connectivity index (χ1v) is 14.0. The van der Waals surface area contributed by atoms with E-state index in [4.69, 9.17) is 11.6 Å². The van der Waals surface area contributed by atoms with Crippen LogP contribution in [0.4, 0.5) is 5.69 Å². The van der Waals surface area contributed by atoms with Gasteiger partial charge in [0.25, 0.3) is 0 Å². The van der Waals surface area contributed by atoms with Crippen molar-refractivity contribution in [3.8, 4) is 0 Å². The predicted octanol–water partition coefficient (Wildman–Crippen LogP) is 4.45. The molecule has 2 aromatic carbocycles. The highest BCUT2D eigenvalue weighted by atomic mass is 35.5. The van der Waals surface area contributed by atoms with Crippen LogP contribution in [-0.4, -0.2) is 50.5 Å². The van der Waals surface area contributed by atoms with E-state index in [0.29, 0.717) is 23.7 Å². The smallest absolute Gasteiger partial charge is 0.242 e. The topological polar surface area (TPSA) is 86.8 Å². The summed E-state index contributed by atoms with van der Waals surface area (Å²) >= 11 is 6.32. The first kappa shape index (κ1) is 28.7. The molecule has 9 heteroatoms. The average Bonchev–Trinajstić information content (AvgIpc) is 2.80. The van der Waals surface area contributed by atoms with Crippen molar-refractivity contribution in [3.63, 3.8) is 0 Å². The third-order valence-electron chi connectivity index (χ3n) is 5.80. The number of halogens is 1. The van der Waals surface area contributed by atoms with Crippen LogP contribution in [0.5, 0.6) is 0 Å². The fourth-order valence-corrected chi connectivity index (χ4v) is 4.97. The third kappa shape index (κ3) is 8.25. The van der Waals surface area contributed by atoms with Crippen molar-refractivity contribution >= 4 is 39.1 Å². The van der Waals surface area contributed by atoms with Crippen LogP contribution in [0.25, 0.3) is 0 Å². The average molecular weight is 522 g/mol. The SMILES string of the molecule is CCCNC(=O)[C@@H](C)N(Cc1ccccc1Cl)C(=O)CCCN(c1cc(C)ccc1C)S(C)(=O)=O. The maximum atomic E-state index is 13.3. The molecule has 0 radical (unpaired) electrons. The van der Waals surface area contributed by atoms with Crippen LogP contribution in [0.2, 0.25) is 5.02 Å². The zero-order valence-corrected chi connectivity index (χ0v) is 22.7. The van der Waals surface area contributed by atoms with E-state index >= 15 is 0 Å². The summed E-state index contributed by atoms with van der Waals surface area (Å²) in [5, 5.41) is 3.36. The molecule has 0 heterocycles. The predicted molar refractivity (Wildman–Crippen MR) is 142 cm³/mol. The molecule has 0 bridgehead atoms. The largest absolute Gasteiger partial charge is 0.354 e. The highest BCUT2D eigenvalue weighted by molar-refractivity contribution is 7.92.